The summed E-state index contributed by atoms with van der Waals surface area (Å²) in [5.74, 6) is 8.54. The Kier molecular flexibility index (Phi) is 14.1. The zero-order chi connectivity index (χ0) is 48.0. The maximum atomic E-state index is 13.6. The monoisotopic (exact) mass is 1160 g/mol. The third-order valence-corrected chi connectivity index (χ3v) is 16.5. The van der Waals surface area contributed by atoms with Crippen LogP contribution in [0.25, 0.3) is 83.7 Å². The van der Waals surface area contributed by atoms with Gasteiger partial charge in [0.2, 0.25) is 5.71 Å². The van der Waals surface area contributed by atoms with Crippen LogP contribution in [-0.2, 0) is 38.1 Å². The zero-order valence-corrected chi connectivity index (χ0v) is 44.5. The van der Waals surface area contributed by atoms with Crippen molar-refractivity contribution in [2.24, 2.45) is 5.92 Å². The molecule has 0 aliphatic rings. The summed E-state index contributed by atoms with van der Waals surface area (Å²) < 4.78 is 50.7. The minimum Gasteiger partial charge on any atom is 0 e. The largest absolute Gasteiger partial charge is 0 e. The Labute approximate surface area is 418 Å². The van der Waals surface area contributed by atoms with Gasteiger partial charge in [-0.05, 0) is 58.5 Å². The average Bonchev–Trinajstić information content (AvgIpc) is 3.89. The number of aromatic nitrogens is 4. The smallest absolute Gasteiger partial charge is 0 e. The minimum atomic E-state index is -4.60. The summed E-state index contributed by atoms with van der Waals surface area (Å²) in [4.78, 5) is 13.7. The van der Waals surface area contributed by atoms with Gasteiger partial charge in [0.25, 0.3) is 0 Å². The van der Waals surface area contributed by atoms with Crippen LogP contribution in [0.3, 0.4) is 0 Å². The van der Waals surface area contributed by atoms with Crippen LogP contribution in [-0.4, -0.2) is 32.8 Å². The normalized spacial score (nSPS) is 12.1. The summed E-state index contributed by atoms with van der Waals surface area (Å²) in [5.41, 5.74) is 11.1. The van der Waals surface area contributed by atoms with Crippen LogP contribution in [0, 0.1) is 18.1 Å². The van der Waals surface area contributed by atoms with Crippen molar-refractivity contribution in [2.75, 3.05) is 0 Å². The van der Waals surface area contributed by atoms with E-state index in [0.29, 0.717) is 33.7 Å². The molecule has 0 bridgehead atoms. The van der Waals surface area contributed by atoms with Gasteiger partial charge in [0.05, 0.1) is 28.1 Å². The molecule has 0 atom stereocenters. The van der Waals surface area contributed by atoms with E-state index >= 15 is 0 Å². The number of fused-ring (bicyclic) bond motifs is 4. The van der Waals surface area contributed by atoms with Gasteiger partial charge >= 0.3 is 132 Å². The number of para-hydroxylation sites is 2. The molecule has 0 amide bonds. The molecule has 351 valence electrons. The molecule has 10 aromatic rings. The molecular formula is C59H53F3GeIrN4O-2. The molecule has 0 unspecified atom stereocenters. The average molecular weight is 1160 g/mol. The van der Waals surface area contributed by atoms with E-state index in [4.69, 9.17) is 14.4 Å². The van der Waals surface area contributed by atoms with E-state index in [2.05, 4.69) is 128 Å². The molecule has 4 aromatic heterocycles. The number of hydrogen-bond acceptors (Lipinski definition) is 4. The van der Waals surface area contributed by atoms with Gasteiger partial charge in [0.1, 0.15) is 5.69 Å². The van der Waals surface area contributed by atoms with Gasteiger partial charge in [-0.3, -0.25) is 4.98 Å². The summed E-state index contributed by atoms with van der Waals surface area (Å²) in [6, 6.07) is 55.9. The van der Waals surface area contributed by atoms with E-state index in [0.717, 1.165) is 62.7 Å². The predicted molar refractivity (Wildman–Crippen MR) is 275 cm³/mol. The fraction of sp³-hybridized carbons (Fsp3) is 0.203. The van der Waals surface area contributed by atoms with E-state index in [1.165, 1.54) is 17.2 Å². The quantitative estimate of drug-likeness (QED) is 0.112. The number of halogens is 3. The van der Waals surface area contributed by atoms with Gasteiger partial charge < -0.3 is 8.98 Å². The Morgan fingerprint density at radius 3 is 1.93 bits per heavy atom. The third-order valence-electron chi connectivity index (χ3n) is 12.2. The first kappa shape index (κ1) is 49.3. The molecule has 10 rings (SSSR count). The number of rotatable bonds is 8. The topological polar surface area (TPSA) is 56.7 Å². The van der Waals surface area contributed by atoms with Crippen molar-refractivity contribution in [2.45, 2.75) is 69.9 Å². The molecule has 5 nitrogen and oxygen atoms in total. The van der Waals surface area contributed by atoms with E-state index in [9.17, 15) is 13.2 Å². The Balaban J connectivity index is 0.000000257. The molecule has 0 saturated carbocycles. The number of nitrogens with zero attached hydrogens (tertiary/aromatic N) is 4. The number of pyridine rings is 2. The second-order valence-electron chi connectivity index (χ2n) is 19.8. The van der Waals surface area contributed by atoms with Crippen LogP contribution in [0.15, 0.2) is 162 Å². The third kappa shape index (κ3) is 10.3. The molecule has 0 aliphatic carbocycles. The van der Waals surface area contributed by atoms with Gasteiger partial charge in [-0.15, -0.1) is 18.2 Å². The molecule has 4 heterocycles. The molecule has 69 heavy (non-hydrogen) atoms. The number of benzene rings is 6. The summed E-state index contributed by atoms with van der Waals surface area (Å²) in [5, 5.41) is 1.12. The number of hydrogen-bond donors (Lipinski definition) is 0. The van der Waals surface area contributed by atoms with Crippen LogP contribution < -0.4 is 4.40 Å². The summed E-state index contributed by atoms with van der Waals surface area (Å²) in [6.07, 6.45) is -1.33. The second kappa shape index (κ2) is 19.7. The Hall–Kier alpha value is -6.13. The maximum Gasteiger partial charge on any atom is 0 e. The summed E-state index contributed by atoms with van der Waals surface area (Å²) in [7, 11) is 0. The van der Waals surface area contributed by atoms with Crippen molar-refractivity contribution in [3.63, 3.8) is 0 Å². The van der Waals surface area contributed by atoms with Crippen molar-refractivity contribution in [1.29, 1.82) is 0 Å². The van der Waals surface area contributed by atoms with Crippen molar-refractivity contribution < 1.29 is 37.7 Å². The van der Waals surface area contributed by atoms with E-state index in [1.54, 1.807) is 16.5 Å². The van der Waals surface area contributed by atoms with Crippen LogP contribution >= 0.6 is 0 Å². The molecule has 6 aromatic carbocycles. The Morgan fingerprint density at radius 1 is 0.696 bits per heavy atom. The standard InChI is InChI=1S/C41H29F3N3O.C18H24GeN.Ir/c1-40(2,3)27-23-31(25-13-6-4-7-14-25)36(32(24-27)26-15-8-5-9-16-26)47-34-20-11-10-19-33(34)45-38(47)30-18-12-17-28-29-21-22-35(41(42,43)44)46-39(29)48-37(28)30;1-14(2)11-16-12-18(15-9-7-6-8-10-15)20-13-17(16)19(3,4)5;/h4-17,19-24H,1-3H3;6-9,12-14H,11H2,1-5H3;/q2*-1;. The second-order valence-corrected chi connectivity index (χ2v) is 30.3. The Bertz CT molecular complexity index is 3350. The maximum absolute atomic E-state index is 13.6. The van der Waals surface area contributed by atoms with Crippen molar-refractivity contribution in [3.8, 4) is 50.6 Å². The molecule has 0 saturated heterocycles. The summed E-state index contributed by atoms with van der Waals surface area (Å²) in [6.45, 7) is 11.2. The molecular weight excluding hydrogens is 1100 g/mol. The van der Waals surface area contributed by atoms with Crippen LogP contribution in [0.4, 0.5) is 13.2 Å². The van der Waals surface area contributed by atoms with E-state index in [1.807, 2.05) is 78.9 Å². The number of alkyl halides is 3. The van der Waals surface area contributed by atoms with Crippen molar-refractivity contribution in [3.05, 3.63) is 187 Å². The fourth-order valence-electron chi connectivity index (χ4n) is 8.83. The van der Waals surface area contributed by atoms with Gasteiger partial charge in [0.15, 0.2) is 0 Å². The van der Waals surface area contributed by atoms with E-state index < -0.39 is 25.1 Å². The van der Waals surface area contributed by atoms with Crippen LogP contribution in [0.1, 0.15) is 51.4 Å². The SMILES string of the molecule is CC(C)(C)c1cc(-c2ccccc2)c(-n2c(-c3[c-]ccc4c3oc3nc(C(F)(F)F)ccc34)nc3ccccc32)c(-c2ccccc2)c1.CC(C)Cc1cc(-c2[c-]cccc2)nc[c]1[Ge]([CH3])([CH3])[CH3].[Ir]. The molecule has 0 aliphatic heterocycles. The number of furan rings is 1. The molecule has 0 fully saturated rings. The van der Waals surface area contributed by atoms with Gasteiger partial charge in [-0.25, -0.2) is 4.98 Å². The summed E-state index contributed by atoms with van der Waals surface area (Å²) >= 11 is -1.86. The van der Waals surface area contributed by atoms with Crippen molar-refractivity contribution in [1.82, 2.24) is 19.5 Å². The zero-order valence-electron chi connectivity index (χ0n) is 40.0. The first-order valence-corrected chi connectivity index (χ1v) is 30.4. The first-order chi connectivity index (χ1) is 32.5. The van der Waals surface area contributed by atoms with Crippen molar-refractivity contribution >= 4 is 50.8 Å². The number of imidazole rings is 1. The van der Waals surface area contributed by atoms with Crippen LogP contribution in [0.5, 0.6) is 0 Å². The molecule has 0 spiro atoms. The minimum absolute atomic E-state index is 0. The first-order valence-electron chi connectivity index (χ1n) is 23.0. The van der Waals surface area contributed by atoms with E-state index in [-0.39, 0.29) is 31.2 Å². The molecule has 1 radical (unpaired) electrons. The molecule has 10 heteroatoms. The molecule has 0 N–H and O–H groups in total. The predicted octanol–water partition coefficient (Wildman–Crippen LogP) is 15.7. The Morgan fingerprint density at radius 2 is 1.33 bits per heavy atom. The van der Waals surface area contributed by atoms with Crippen LogP contribution in [0.2, 0.25) is 17.3 Å². The fourth-order valence-corrected chi connectivity index (χ4v) is 12.2. The van der Waals surface area contributed by atoms with Gasteiger partial charge in [-0.2, -0.15) is 13.2 Å². The van der Waals surface area contributed by atoms with Gasteiger partial charge in [0, 0.05) is 36.6 Å². The van der Waals surface area contributed by atoms with Gasteiger partial charge in [-0.1, -0.05) is 105 Å².